The number of carbonyl (C=O) groups excluding carboxylic acids is 2. The molecule has 2 aromatic carbocycles. The van der Waals surface area contributed by atoms with Crippen molar-refractivity contribution >= 4 is 35.6 Å². The maximum absolute atomic E-state index is 12.3. The average Bonchev–Trinajstić information content (AvgIpc) is 3.31. The third-order valence-electron chi connectivity index (χ3n) is 4.64. The summed E-state index contributed by atoms with van der Waals surface area (Å²) in [5, 5.41) is 12.2. The lowest BCUT2D eigenvalue weighted by Gasteiger charge is -2.07. The number of benzene rings is 2. The number of hydrogen-bond acceptors (Lipinski definition) is 9. The number of ether oxygens (including phenoxy) is 4. The summed E-state index contributed by atoms with van der Waals surface area (Å²) in [4.78, 5) is 24.6. The quantitative estimate of drug-likeness (QED) is 0.419. The summed E-state index contributed by atoms with van der Waals surface area (Å²) in [6, 6.07) is 10.4. The summed E-state index contributed by atoms with van der Waals surface area (Å²) in [6.45, 7) is 0. The zero-order valence-corrected chi connectivity index (χ0v) is 19.5. The number of nitrogens with one attached hydrogen (secondary N) is 2. The number of amides is 2. The Morgan fingerprint density at radius 3 is 1.46 bits per heavy atom. The van der Waals surface area contributed by atoms with E-state index in [1.807, 2.05) is 0 Å². The number of hydrogen-bond donors (Lipinski definition) is 2. The molecule has 11 heteroatoms. The van der Waals surface area contributed by atoms with Gasteiger partial charge in [0.2, 0.25) is 23.5 Å². The predicted octanol–water partition coefficient (Wildman–Crippen LogP) is 3.41. The lowest BCUT2D eigenvalue weighted by atomic mass is 10.2. The van der Waals surface area contributed by atoms with Gasteiger partial charge in [0.25, 0.3) is 0 Å². The number of anilines is 2. The van der Waals surface area contributed by atoms with Crippen LogP contribution in [0.2, 0.25) is 0 Å². The molecule has 0 atom stereocenters. The second-order valence-corrected chi connectivity index (χ2v) is 6.84. The maximum Gasteiger partial charge on any atom is 0.249 e. The third-order valence-corrected chi connectivity index (χ3v) is 4.64. The molecule has 0 aliphatic rings. The van der Waals surface area contributed by atoms with Crippen LogP contribution in [0.5, 0.6) is 23.0 Å². The van der Waals surface area contributed by atoms with Crippen LogP contribution in [-0.4, -0.2) is 50.6 Å². The first-order valence-electron chi connectivity index (χ1n) is 10.2. The molecule has 0 unspecified atom stereocenters. The molecule has 35 heavy (non-hydrogen) atoms. The molecule has 0 spiro atoms. The van der Waals surface area contributed by atoms with Crippen LogP contribution in [0, 0.1) is 0 Å². The van der Waals surface area contributed by atoms with E-state index in [2.05, 4.69) is 25.6 Å². The van der Waals surface area contributed by atoms with Crippen LogP contribution < -0.4 is 29.6 Å². The number of nitrogens with zero attached hydrogens (tertiary/aromatic N) is 2. The Balaban J connectivity index is 1.61. The van der Waals surface area contributed by atoms with E-state index in [4.69, 9.17) is 18.9 Å². The van der Waals surface area contributed by atoms with E-state index in [-0.39, 0.29) is 11.6 Å². The van der Waals surface area contributed by atoms with Crippen LogP contribution in [0.1, 0.15) is 11.1 Å². The number of rotatable bonds is 10. The highest BCUT2D eigenvalue weighted by atomic mass is 16.6. The largest absolute Gasteiger partial charge is 0.493 e. The van der Waals surface area contributed by atoms with Gasteiger partial charge in [0.15, 0.2) is 23.0 Å². The fraction of sp³-hybridized carbons (Fsp3) is 0.167. The van der Waals surface area contributed by atoms with Crippen molar-refractivity contribution < 1.29 is 33.2 Å². The molecule has 1 heterocycles. The van der Waals surface area contributed by atoms with Crippen molar-refractivity contribution in [3.05, 3.63) is 59.7 Å². The van der Waals surface area contributed by atoms with Gasteiger partial charge < -0.3 is 29.6 Å². The molecule has 0 bridgehead atoms. The van der Waals surface area contributed by atoms with Crippen LogP contribution in [0.15, 0.2) is 53.2 Å². The van der Waals surface area contributed by atoms with Crippen LogP contribution in [0.4, 0.5) is 11.6 Å². The smallest absolute Gasteiger partial charge is 0.249 e. The van der Waals surface area contributed by atoms with Gasteiger partial charge in [0.1, 0.15) is 0 Å². The predicted molar refractivity (Wildman–Crippen MR) is 129 cm³/mol. The summed E-state index contributed by atoms with van der Waals surface area (Å²) in [6.07, 6.45) is 5.74. The molecule has 2 amide bonds. The summed E-state index contributed by atoms with van der Waals surface area (Å²) in [7, 11) is 6.12. The molecule has 0 radical (unpaired) electrons. The monoisotopic (exact) mass is 480 g/mol. The highest BCUT2D eigenvalue weighted by Gasteiger charge is 2.14. The highest BCUT2D eigenvalue weighted by Crippen LogP contribution is 2.29. The van der Waals surface area contributed by atoms with Gasteiger partial charge in [0.05, 0.1) is 28.4 Å². The fourth-order valence-electron chi connectivity index (χ4n) is 2.93. The zero-order chi connectivity index (χ0) is 25.2. The van der Waals surface area contributed by atoms with E-state index in [0.29, 0.717) is 34.1 Å². The second kappa shape index (κ2) is 11.9. The summed E-state index contributed by atoms with van der Waals surface area (Å²) >= 11 is 0. The maximum atomic E-state index is 12.3. The van der Waals surface area contributed by atoms with Gasteiger partial charge in [-0.1, -0.05) is 12.1 Å². The van der Waals surface area contributed by atoms with E-state index in [1.54, 1.807) is 48.6 Å². The molecule has 0 fully saturated rings. The van der Waals surface area contributed by atoms with Crippen molar-refractivity contribution in [2.45, 2.75) is 0 Å². The Bertz CT molecular complexity index is 1160. The molecule has 3 rings (SSSR count). The molecule has 182 valence electrons. The lowest BCUT2D eigenvalue weighted by molar-refractivity contribution is -0.112. The van der Waals surface area contributed by atoms with Gasteiger partial charge >= 0.3 is 0 Å². The molecule has 0 saturated heterocycles. The van der Waals surface area contributed by atoms with E-state index < -0.39 is 11.8 Å². The van der Waals surface area contributed by atoms with E-state index in [1.165, 1.54) is 40.6 Å². The summed E-state index contributed by atoms with van der Waals surface area (Å²) in [5.41, 5.74) is 1.43. The lowest BCUT2D eigenvalue weighted by Crippen LogP contribution is -2.13. The van der Waals surface area contributed by atoms with Crippen LogP contribution in [0.3, 0.4) is 0 Å². The molecular weight excluding hydrogens is 456 g/mol. The summed E-state index contributed by atoms with van der Waals surface area (Å²) in [5.74, 6) is 1.11. The van der Waals surface area contributed by atoms with Crippen molar-refractivity contribution in [3.8, 4) is 23.0 Å². The van der Waals surface area contributed by atoms with Gasteiger partial charge in [-0.15, -0.1) is 0 Å². The molecule has 0 aliphatic heterocycles. The van der Waals surface area contributed by atoms with Crippen molar-refractivity contribution in [3.63, 3.8) is 0 Å². The Labute approximate surface area is 201 Å². The molecule has 1 aromatic heterocycles. The van der Waals surface area contributed by atoms with Crippen molar-refractivity contribution in [2.75, 3.05) is 39.1 Å². The van der Waals surface area contributed by atoms with Crippen LogP contribution in [0.25, 0.3) is 12.2 Å². The first-order valence-corrected chi connectivity index (χ1v) is 10.2. The number of aromatic nitrogens is 2. The van der Waals surface area contributed by atoms with Crippen LogP contribution >= 0.6 is 0 Å². The van der Waals surface area contributed by atoms with Gasteiger partial charge in [-0.2, -0.15) is 0 Å². The Hall–Kier alpha value is -4.80. The summed E-state index contributed by atoms with van der Waals surface area (Å²) < 4.78 is 25.5. The zero-order valence-electron chi connectivity index (χ0n) is 19.5. The van der Waals surface area contributed by atoms with Crippen molar-refractivity contribution in [1.29, 1.82) is 0 Å². The second-order valence-electron chi connectivity index (χ2n) is 6.84. The SMILES string of the molecule is COc1ccc(C=CC(=O)Nc2nonc2NC(=O)C=Cc2ccc(OC)c(OC)c2)cc1OC. The minimum absolute atomic E-state index is 0.0418. The van der Waals surface area contributed by atoms with E-state index in [0.717, 1.165) is 0 Å². The van der Waals surface area contributed by atoms with Gasteiger partial charge in [0, 0.05) is 12.2 Å². The molecule has 0 saturated carbocycles. The number of carbonyl (C=O) groups is 2. The van der Waals surface area contributed by atoms with Crippen molar-refractivity contribution in [2.24, 2.45) is 0 Å². The minimum Gasteiger partial charge on any atom is -0.493 e. The normalized spacial score (nSPS) is 10.9. The Morgan fingerprint density at radius 1 is 0.686 bits per heavy atom. The molecule has 11 nitrogen and oxygen atoms in total. The molecule has 2 N–H and O–H groups in total. The molecule has 0 aliphatic carbocycles. The first kappa shape index (κ1) is 24.8. The Morgan fingerprint density at radius 2 is 1.09 bits per heavy atom. The Kier molecular flexibility index (Phi) is 8.43. The van der Waals surface area contributed by atoms with Crippen LogP contribution in [-0.2, 0) is 9.59 Å². The topological polar surface area (TPSA) is 134 Å². The standard InChI is InChI=1S/C24H24N4O7/c1-31-17-9-5-15(13-19(17)33-3)7-11-21(29)25-23-24(28-35-27-23)26-22(30)12-8-16-6-10-18(32-2)20(14-16)34-4/h5-14H,1-4H3,(H,25,27,29)(H,26,28,30). The minimum atomic E-state index is -0.508. The highest BCUT2D eigenvalue weighted by molar-refractivity contribution is 6.06. The molecule has 3 aromatic rings. The van der Waals surface area contributed by atoms with Gasteiger partial charge in [-0.25, -0.2) is 4.63 Å². The van der Waals surface area contributed by atoms with E-state index >= 15 is 0 Å². The molecular formula is C24H24N4O7. The third kappa shape index (κ3) is 6.60. The van der Waals surface area contributed by atoms with Gasteiger partial charge in [-0.3, -0.25) is 9.59 Å². The fourth-order valence-corrected chi connectivity index (χ4v) is 2.93. The van der Waals surface area contributed by atoms with Crippen molar-refractivity contribution in [1.82, 2.24) is 10.3 Å². The number of methoxy groups -OCH3 is 4. The van der Waals surface area contributed by atoms with E-state index in [9.17, 15) is 9.59 Å². The average molecular weight is 480 g/mol. The van der Waals surface area contributed by atoms with Gasteiger partial charge in [-0.05, 0) is 57.9 Å². The first-order chi connectivity index (χ1) is 17.0.